The van der Waals surface area contributed by atoms with E-state index in [1.165, 1.54) is 16.9 Å². The molecule has 1 amide bonds. The number of methoxy groups -OCH3 is 1. The molecule has 1 heterocycles. The molecule has 0 bridgehead atoms. The molecule has 1 atom stereocenters. The number of nitrogens with one attached hydrogen (secondary N) is 2. The summed E-state index contributed by atoms with van der Waals surface area (Å²) in [5.41, 5.74) is 1.39. The molecule has 6 heteroatoms. The fraction of sp³-hybridized carbons (Fsp3) is 0.667. The Bertz CT molecular complexity index is 451. The molecule has 0 aliphatic heterocycles. The molecule has 0 aromatic carbocycles. The summed E-state index contributed by atoms with van der Waals surface area (Å²) in [6, 6.07) is 2.09. The van der Waals surface area contributed by atoms with Crippen molar-refractivity contribution < 1.29 is 9.53 Å². The topological polar surface area (TPSA) is 50.4 Å². The van der Waals surface area contributed by atoms with Crippen LogP contribution in [-0.2, 0) is 17.6 Å². The molecule has 120 valence electrons. The summed E-state index contributed by atoms with van der Waals surface area (Å²) in [6.07, 6.45) is 3.50. The molecular formula is C15H25ClN2O2S. The molecule has 1 unspecified atom stereocenters. The minimum Gasteiger partial charge on any atom is -0.383 e. The molecule has 4 nitrogen and oxygen atoms in total. The normalized spacial score (nSPS) is 17.0. The average Bonchev–Trinajstić information content (AvgIpc) is 2.85. The number of hydrogen-bond acceptors (Lipinski definition) is 4. The Kier molecular flexibility index (Phi) is 8.26. The van der Waals surface area contributed by atoms with Crippen LogP contribution in [0.15, 0.2) is 6.07 Å². The van der Waals surface area contributed by atoms with Crippen molar-refractivity contribution in [1.29, 1.82) is 0 Å². The highest BCUT2D eigenvalue weighted by atomic mass is 35.5. The predicted octanol–water partition coefficient (Wildman–Crippen LogP) is 2.26. The number of carbonyl (C=O) groups is 1. The summed E-state index contributed by atoms with van der Waals surface area (Å²) >= 11 is 1.66. The first kappa shape index (κ1) is 18.4. The lowest BCUT2D eigenvalue weighted by atomic mass is 9.90. The Morgan fingerprint density at radius 1 is 1.43 bits per heavy atom. The molecule has 1 aliphatic carbocycles. The number of fused-ring (bicyclic) bond motifs is 1. The molecule has 0 saturated carbocycles. The molecule has 0 spiro atoms. The van der Waals surface area contributed by atoms with Crippen LogP contribution >= 0.6 is 23.7 Å². The van der Waals surface area contributed by atoms with Crippen molar-refractivity contribution in [2.75, 3.05) is 33.4 Å². The largest absolute Gasteiger partial charge is 0.383 e. The molecule has 21 heavy (non-hydrogen) atoms. The lowest BCUT2D eigenvalue weighted by Crippen LogP contribution is -2.32. The van der Waals surface area contributed by atoms with E-state index in [9.17, 15) is 4.79 Å². The number of carbonyl (C=O) groups excluding carboxylic acids is 1. The van der Waals surface area contributed by atoms with Gasteiger partial charge in [-0.2, -0.15) is 0 Å². The van der Waals surface area contributed by atoms with Gasteiger partial charge in [-0.25, -0.2) is 0 Å². The summed E-state index contributed by atoms with van der Waals surface area (Å²) in [7, 11) is 1.68. The van der Waals surface area contributed by atoms with Crippen molar-refractivity contribution in [1.82, 2.24) is 10.6 Å². The van der Waals surface area contributed by atoms with Gasteiger partial charge in [-0.05, 0) is 36.8 Å². The zero-order chi connectivity index (χ0) is 14.4. The standard InChI is InChI=1S/C15H24N2O2S.ClH/c1-11-3-4-13-12(9-11)10-14(20-13)15(18)17-6-5-16-7-8-19-2;/h10-11,16H,3-9H2,1-2H3,(H,17,18);1H. The van der Waals surface area contributed by atoms with Crippen LogP contribution in [0, 0.1) is 5.92 Å². The fourth-order valence-electron chi connectivity index (χ4n) is 2.47. The van der Waals surface area contributed by atoms with E-state index in [4.69, 9.17) is 4.74 Å². The van der Waals surface area contributed by atoms with Gasteiger partial charge in [-0.15, -0.1) is 23.7 Å². The van der Waals surface area contributed by atoms with E-state index < -0.39 is 0 Å². The zero-order valence-corrected chi connectivity index (χ0v) is 14.4. The summed E-state index contributed by atoms with van der Waals surface area (Å²) in [5.74, 6) is 0.809. The lowest BCUT2D eigenvalue weighted by Gasteiger charge is -2.16. The van der Waals surface area contributed by atoms with Gasteiger partial charge in [-0.1, -0.05) is 6.92 Å². The summed E-state index contributed by atoms with van der Waals surface area (Å²) in [4.78, 5) is 14.4. The number of ether oxygens (including phenoxy) is 1. The SMILES string of the molecule is COCCNCCNC(=O)c1cc2c(s1)CCC(C)C2.Cl. The number of amides is 1. The van der Waals surface area contributed by atoms with Crippen LogP contribution in [0.4, 0.5) is 0 Å². The maximum absolute atomic E-state index is 12.1. The third kappa shape index (κ3) is 5.58. The number of aryl methyl sites for hydroxylation is 1. The first-order valence-corrected chi connectivity index (χ1v) is 8.11. The minimum absolute atomic E-state index is 0. The average molecular weight is 333 g/mol. The maximum Gasteiger partial charge on any atom is 0.261 e. The minimum atomic E-state index is 0. The van der Waals surface area contributed by atoms with E-state index in [2.05, 4.69) is 23.6 Å². The van der Waals surface area contributed by atoms with Crippen molar-refractivity contribution in [2.45, 2.75) is 26.2 Å². The molecule has 1 aromatic rings. The first-order valence-electron chi connectivity index (χ1n) is 7.30. The molecule has 2 rings (SSSR count). The van der Waals surface area contributed by atoms with Crippen molar-refractivity contribution in [3.05, 3.63) is 21.4 Å². The van der Waals surface area contributed by atoms with Gasteiger partial charge in [0.1, 0.15) is 0 Å². The van der Waals surface area contributed by atoms with Crippen LogP contribution in [0.1, 0.15) is 33.5 Å². The molecule has 0 radical (unpaired) electrons. The molecule has 0 saturated heterocycles. The van der Waals surface area contributed by atoms with E-state index in [1.807, 2.05) is 0 Å². The summed E-state index contributed by atoms with van der Waals surface area (Å²) in [6.45, 7) is 5.23. The van der Waals surface area contributed by atoms with E-state index in [-0.39, 0.29) is 18.3 Å². The van der Waals surface area contributed by atoms with Gasteiger partial charge in [0.05, 0.1) is 11.5 Å². The number of rotatable bonds is 7. The molecular weight excluding hydrogens is 308 g/mol. The summed E-state index contributed by atoms with van der Waals surface area (Å²) in [5, 5.41) is 6.18. The quantitative estimate of drug-likeness (QED) is 0.753. The van der Waals surface area contributed by atoms with Gasteiger partial charge < -0.3 is 15.4 Å². The highest BCUT2D eigenvalue weighted by Crippen LogP contribution is 2.32. The number of hydrogen-bond donors (Lipinski definition) is 2. The van der Waals surface area contributed by atoms with Gasteiger partial charge in [0.2, 0.25) is 0 Å². The molecule has 1 aromatic heterocycles. The molecule has 2 N–H and O–H groups in total. The Morgan fingerprint density at radius 3 is 3.00 bits per heavy atom. The Hall–Kier alpha value is -0.620. The van der Waals surface area contributed by atoms with Gasteiger partial charge in [0.15, 0.2) is 0 Å². The fourth-order valence-corrected chi connectivity index (χ4v) is 3.59. The van der Waals surface area contributed by atoms with Gasteiger partial charge >= 0.3 is 0 Å². The molecule has 0 fully saturated rings. The smallest absolute Gasteiger partial charge is 0.261 e. The predicted molar refractivity (Wildman–Crippen MR) is 89.8 cm³/mol. The highest BCUT2D eigenvalue weighted by Gasteiger charge is 2.20. The van der Waals surface area contributed by atoms with Gasteiger partial charge in [0, 0.05) is 31.6 Å². The molecule has 1 aliphatic rings. The third-order valence-corrected chi connectivity index (χ3v) is 4.86. The van der Waals surface area contributed by atoms with Crippen molar-refractivity contribution in [3.63, 3.8) is 0 Å². The van der Waals surface area contributed by atoms with Gasteiger partial charge in [0.25, 0.3) is 5.91 Å². The van der Waals surface area contributed by atoms with Crippen molar-refractivity contribution in [2.24, 2.45) is 5.92 Å². The second kappa shape index (κ2) is 9.41. The second-order valence-electron chi connectivity index (χ2n) is 5.41. The number of halogens is 1. The Morgan fingerprint density at radius 2 is 2.24 bits per heavy atom. The van der Waals surface area contributed by atoms with E-state index >= 15 is 0 Å². The monoisotopic (exact) mass is 332 g/mol. The lowest BCUT2D eigenvalue weighted by molar-refractivity contribution is 0.0957. The zero-order valence-electron chi connectivity index (χ0n) is 12.7. The van der Waals surface area contributed by atoms with Crippen molar-refractivity contribution >= 4 is 29.7 Å². The van der Waals surface area contributed by atoms with E-state index in [0.717, 1.165) is 36.7 Å². The number of thiophene rings is 1. The van der Waals surface area contributed by atoms with Crippen LogP contribution in [0.5, 0.6) is 0 Å². The van der Waals surface area contributed by atoms with Crippen LogP contribution in [0.25, 0.3) is 0 Å². The summed E-state index contributed by atoms with van der Waals surface area (Å²) < 4.78 is 4.95. The van der Waals surface area contributed by atoms with E-state index in [0.29, 0.717) is 13.2 Å². The van der Waals surface area contributed by atoms with Crippen LogP contribution < -0.4 is 10.6 Å². The second-order valence-corrected chi connectivity index (χ2v) is 6.54. The maximum atomic E-state index is 12.1. The third-order valence-electron chi connectivity index (χ3n) is 3.62. The van der Waals surface area contributed by atoms with Crippen LogP contribution in [0.3, 0.4) is 0 Å². The Balaban J connectivity index is 0.00000220. The van der Waals surface area contributed by atoms with Gasteiger partial charge in [-0.3, -0.25) is 4.79 Å². The van der Waals surface area contributed by atoms with Crippen molar-refractivity contribution in [3.8, 4) is 0 Å². The Labute approximate surface area is 137 Å². The first-order chi connectivity index (χ1) is 9.70. The van der Waals surface area contributed by atoms with Crippen LogP contribution in [0.2, 0.25) is 0 Å². The van der Waals surface area contributed by atoms with Crippen LogP contribution in [-0.4, -0.2) is 39.3 Å². The highest BCUT2D eigenvalue weighted by molar-refractivity contribution is 7.14. The van der Waals surface area contributed by atoms with E-state index in [1.54, 1.807) is 18.4 Å².